The van der Waals surface area contributed by atoms with Crippen LogP contribution in [0.2, 0.25) is 0 Å². The number of hydrogen-bond donors (Lipinski definition) is 0. The molecule has 1 aromatic heterocycles. The number of Topliss-reactive ketones (excluding diaryl/α,β-unsaturated/α-hetero) is 1. The van der Waals surface area contributed by atoms with Crippen LogP contribution >= 0.6 is 11.6 Å². The number of alkyl halides is 1. The van der Waals surface area contributed by atoms with Gasteiger partial charge in [-0.3, -0.25) is 4.79 Å². The van der Waals surface area contributed by atoms with Gasteiger partial charge in [0, 0.05) is 11.9 Å². The Morgan fingerprint density at radius 2 is 2.45 bits per heavy atom. The highest BCUT2D eigenvalue weighted by Crippen LogP contribution is 2.08. The first-order valence-electron chi connectivity index (χ1n) is 3.31. The average Bonchev–Trinajstić information content (AvgIpc) is 2.04. The Balaban J connectivity index is 3.12. The van der Waals surface area contributed by atoms with E-state index in [9.17, 15) is 4.79 Å². The summed E-state index contributed by atoms with van der Waals surface area (Å²) in [6, 6.07) is 1.81. The molecule has 0 aliphatic heterocycles. The van der Waals surface area contributed by atoms with Crippen molar-refractivity contribution in [2.24, 2.45) is 0 Å². The van der Waals surface area contributed by atoms with Crippen molar-refractivity contribution in [2.45, 2.75) is 12.8 Å². The third kappa shape index (κ3) is 1.77. The molecule has 0 aliphatic carbocycles. The Hall–Kier alpha value is -0.890. The lowest BCUT2D eigenvalue weighted by molar-refractivity contribution is -0.378. The molecular weight excluding hydrogens is 162 g/mol. The molecular formula is C8H9ClNO+. The van der Waals surface area contributed by atoms with Crippen LogP contribution in [0.3, 0.4) is 0 Å². The molecule has 0 atom stereocenters. The van der Waals surface area contributed by atoms with Crippen molar-refractivity contribution in [3.8, 4) is 0 Å². The molecule has 3 heteroatoms. The van der Waals surface area contributed by atoms with Crippen molar-refractivity contribution < 1.29 is 9.78 Å². The van der Waals surface area contributed by atoms with Gasteiger partial charge in [-0.15, -0.1) is 11.6 Å². The maximum absolute atomic E-state index is 10.9. The topological polar surface area (TPSA) is 31.2 Å². The van der Waals surface area contributed by atoms with Crippen molar-refractivity contribution in [3.05, 3.63) is 29.6 Å². The van der Waals surface area contributed by atoms with Crippen LogP contribution in [-0.2, 0) is 5.88 Å². The van der Waals surface area contributed by atoms with Gasteiger partial charge in [-0.25, -0.2) is 4.98 Å². The van der Waals surface area contributed by atoms with Crippen molar-refractivity contribution in [3.63, 3.8) is 0 Å². The van der Waals surface area contributed by atoms with Crippen LogP contribution in [0.25, 0.3) is 0 Å². The first-order chi connectivity index (χ1) is 5.25. The maximum atomic E-state index is 10.9. The van der Waals surface area contributed by atoms with E-state index in [2.05, 4.69) is 4.98 Å². The van der Waals surface area contributed by atoms with Gasteiger partial charge < -0.3 is 0 Å². The number of rotatable bonds is 2. The number of ketones is 1. The summed E-state index contributed by atoms with van der Waals surface area (Å²) in [5.41, 5.74) is 1.54. The van der Waals surface area contributed by atoms with Gasteiger partial charge in [0.25, 0.3) is 0 Å². The molecule has 1 N–H and O–H groups in total. The molecule has 0 saturated carbocycles. The van der Waals surface area contributed by atoms with Crippen LogP contribution in [0.15, 0.2) is 18.5 Å². The number of aromatic amines is 1. The zero-order valence-electron chi connectivity index (χ0n) is 6.23. The van der Waals surface area contributed by atoms with E-state index in [4.69, 9.17) is 11.6 Å². The number of nitrogens with one attached hydrogen (secondary N) is 1. The predicted octanol–water partition coefficient (Wildman–Crippen LogP) is 1.44. The third-order valence-corrected chi connectivity index (χ3v) is 1.77. The SMILES string of the molecule is CC(=O)c1c[nH+]ccc1CCl. The minimum atomic E-state index is 0.0394. The molecule has 11 heavy (non-hydrogen) atoms. The molecule has 0 radical (unpaired) electrons. The molecule has 0 aliphatic rings. The predicted molar refractivity (Wildman–Crippen MR) is 42.6 cm³/mol. The normalized spacial score (nSPS) is 9.64. The Morgan fingerprint density at radius 1 is 1.73 bits per heavy atom. The number of pyridine rings is 1. The van der Waals surface area contributed by atoms with E-state index in [1.54, 1.807) is 12.4 Å². The van der Waals surface area contributed by atoms with E-state index in [1.807, 2.05) is 6.07 Å². The van der Waals surface area contributed by atoms with Crippen molar-refractivity contribution in [1.29, 1.82) is 0 Å². The first-order valence-corrected chi connectivity index (χ1v) is 3.85. The molecule has 1 heterocycles. The number of hydrogen-bond acceptors (Lipinski definition) is 1. The summed E-state index contributed by atoms with van der Waals surface area (Å²) >= 11 is 5.61. The standard InChI is InChI=1S/C8H8ClNO/c1-6(11)8-5-10-3-2-7(8)4-9/h2-3,5H,4H2,1H3/p+1. The van der Waals surface area contributed by atoms with Crippen LogP contribution in [0.1, 0.15) is 22.8 Å². The summed E-state index contributed by atoms with van der Waals surface area (Å²) < 4.78 is 0. The second kappa shape index (κ2) is 3.49. The molecule has 1 aromatic rings. The zero-order chi connectivity index (χ0) is 8.27. The van der Waals surface area contributed by atoms with Gasteiger partial charge in [0.1, 0.15) is 0 Å². The maximum Gasteiger partial charge on any atom is 0.178 e. The molecule has 0 aromatic carbocycles. The Labute approximate surface area is 70.2 Å². The van der Waals surface area contributed by atoms with E-state index >= 15 is 0 Å². The molecule has 0 amide bonds. The number of aromatic nitrogens is 1. The van der Waals surface area contributed by atoms with Crippen LogP contribution in [0.4, 0.5) is 0 Å². The lowest BCUT2D eigenvalue weighted by Gasteiger charge is -1.96. The highest BCUT2D eigenvalue weighted by atomic mass is 35.5. The van der Waals surface area contributed by atoms with Gasteiger partial charge in [0.2, 0.25) is 0 Å². The first kappa shape index (κ1) is 8.21. The fraction of sp³-hybridized carbons (Fsp3) is 0.250. The Morgan fingerprint density at radius 3 is 2.91 bits per heavy atom. The summed E-state index contributed by atoms with van der Waals surface area (Å²) in [6.07, 6.45) is 3.42. The smallest absolute Gasteiger partial charge is 0.178 e. The van der Waals surface area contributed by atoms with Crippen LogP contribution < -0.4 is 4.98 Å². The van der Waals surface area contributed by atoms with Gasteiger partial charge in [-0.2, -0.15) is 0 Å². The molecule has 0 fully saturated rings. The van der Waals surface area contributed by atoms with Crippen molar-refractivity contribution >= 4 is 17.4 Å². The average molecular weight is 171 g/mol. The van der Waals surface area contributed by atoms with E-state index < -0.39 is 0 Å². The molecule has 0 saturated heterocycles. The van der Waals surface area contributed by atoms with E-state index in [1.165, 1.54) is 6.92 Å². The zero-order valence-corrected chi connectivity index (χ0v) is 6.98. The van der Waals surface area contributed by atoms with Gasteiger partial charge in [0.05, 0.1) is 5.56 Å². The summed E-state index contributed by atoms with van der Waals surface area (Å²) in [7, 11) is 0. The fourth-order valence-electron chi connectivity index (χ4n) is 0.907. The number of carbonyl (C=O) groups excluding carboxylic acids is 1. The van der Waals surface area contributed by atoms with Crippen LogP contribution in [-0.4, -0.2) is 5.78 Å². The Bertz CT molecular complexity index is 273. The van der Waals surface area contributed by atoms with Gasteiger partial charge >= 0.3 is 0 Å². The quantitative estimate of drug-likeness (QED) is 0.488. The van der Waals surface area contributed by atoms with Crippen molar-refractivity contribution in [2.75, 3.05) is 0 Å². The van der Waals surface area contributed by atoms with Crippen LogP contribution in [0, 0.1) is 0 Å². The van der Waals surface area contributed by atoms with Gasteiger partial charge in [-0.05, 0) is 12.5 Å². The van der Waals surface area contributed by atoms with Gasteiger partial charge in [-0.1, -0.05) is 0 Å². The van der Waals surface area contributed by atoms with Crippen LogP contribution in [0.5, 0.6) is 0 Å². The largest absolute Gasteiger partial charge is 0.294 e. The highest BCUT2D eigenvalue weighted by molar-refractivity contribution is 6.17. The summed E-state index contributed by atoms with van der Waals surface area (Å²) in [4.78, 5) is 13.8. The fourth-order valence-corrected chi connectivity index (χ4v) is 1.14. The third-order valence-electron chi connectivity index (χ3n) is 1.48. The van der Waals surface area contributed by atoms with E-state index in [-0.39, 0.29) is 5.78 Å². The lowest BCUT2D eigenvalue weighted by atomic mass is 10.1. The summed E-state index contributed by atoms with van der Waals surface area (Å²) in [5, 5.41) is 0. The van der Waals surface area contributed by atoms with Gasteiger partial charge in [0.15, 0.2) is 18.2 Å². The molecule has 58 valence electrons. The van der Waals surface area contributed by atoms with E-state index in [0.29, 0.717) is 11.4 Å². The molecule has 0 spiro atoms. The summed E-state index contributed by atoms with van der Waals surface area (Å²) in [6.45, 7) is 1.53. The second-order valence-electron chi connectivity index (χ2n) is 2.27. The number of halogens is 1. The Kier molecular flexibility index (Phi) is 2.60. The molecule has 2 nitrogen and oxygen atoms in total. The lowest BCUT2D eigenvalue weighted by Crippen LogP contribution is -2.07. The highest BCUT2D eigenvalue weighted by Gasteiger charge is 2.07. The van der Waals surface area contributed by atoms with Crippen molar-refractivity contribution in [1.82, 2.24) is 0 Å². The minimum Gasteiger partial charge on any atom is -0.294 e. The second-order valence-corrected chi connectivity index (χ2v) is 2.54. The minimum absolute atomic E-state index is 0.0394. The molecule has 0 bridgehead atoms. The monoisotopic (exact) mass is 170 g/mol. The number of H-pyrrole nitrogens is 1. The van der Waals surface area contributed by atoms with E-state index in [0.717, 1.165) is 5.56 Å². The summed E-state index contributed by atoms with van der Waals surface area (Å²) in [5.74, 6) is 0.418. The number of carbonyl (C=O) groups is 1. The molecule has 0 unspecified atom stereocenters. The molecule has 1 rings (SSSR count).